The van der Waals surface area contributed by atoms with Gasteiger partial charge in [-0.25, -0.2) is 0 Å². The van der Waals surface area contributed by atoms with E-state index in [4.69, 9.17) is 4.74 Å². The van der Waals surface area contributed by atoms with Crippen molar-refractivity contribution in [3.05, 3.63) is 0 Å². The molecule has 1 aliphatic heterocycles. The molecule has 1 atom stereocenters. The summed E-state index contributed by atoms with van der Waals surface area (Å²) in [6.45, 7) is 10.2. The zero-order chi connectivity index (χ0) is 12.4. The number of hydrogen-bond donors (Lipinski definition) is 1. The lowest BCUT2D eigenvalue weighted by atomic mass is 9.74. The zero-order valence-corrected chi connectivity index (χ0v) is 11.8. The molecule has 2 fully saturated rings. The molecule has 1 aliphatic carbocycles. The Balaban J connectivity index is 1.85. The highest BCUT2D eigenvalue weighted by Gasteiger charge is 2.35. The summed E-state index contributed by atoms with van der Waals surface area (Å²) in [4.78, 5) is 0. The average molecular weight is 239 g/mol. The molecular weight excluding hydrogens is 210 g/mol. The van der Waals surface area contributed by atoms with Crippen molar-refractivity contribution in [3.8, 4) is 0 Å². The Morgan fingerprint density at radius 2 is 2.06 bits per heavy atom. The molecule has 1 heterocycles. The van der Waals surface area contributed by atoms with Crippen LogP contribution in [0.1, 0.15) is 59.3 Å². The maximum atomic E-state index is 5.76. The predicted octanol–water partition coefficient (Wildman–Crippen LogP) is 3.36. The minimum absolute atomic E-state index is 0.425. The molecule has 0 aromatic rings. The molecule has 0 aromatic heterocycles. The van der Waals surface area contributed by atoms with Crippen LogP contribution < -0.4 is 5.32 Å². The molecule has 1 saturated carbocycles. The lowest BCUT2D eigenvalue weighted by molar-refractivity contribution is -0.0173. The fourth-order valence-electron chi connectivity index (χ4n) is 2.62. The summed E-state index contributed by atoms with van der Waals surface area (Å²) in [6.07, 6.45) is 7.99. The van der Waals surface area contributed by atoms with Crippen molar-refractivity contribution in [2.75, 3.05) is 19.8 Å². The Labute approximate surface area is 107 Å². The second-order valence-electron chi connectivity index (χ2n) is 7.37. The van der Waals surface area contributed by atoms with Gasteiger partial charge in [-0.3, -0.25) is 0 Å². The summed E-state index contributed by atoms with van der Waals surface area (Å²) in [5, 5.41) is 3.72. The minimum Gasteiger partial charge on any atom is -0.381 e. The first-order chi connectivity index (χ1) is 7.99. The first kappa shape index (κ1) is 13.4. The Hall–Kier alpha value is -0.0800. The Morgan fingerprint density at radius 1 is 1.29 bits per heavy atom. The van der Waals surface area contributed by atoms with Crippen molar-refractivity contribution in [3.63, 3.8) is 0 Å². The third kappa shape index (κ3) is 4.59. The van der Waals surface area contributed by atoms with Crippen LogP contribution >= 0.6 is 0 Å². The Bertz CT molecular complexity index is 234. The van der Waals surface area contributed by atoms with Gasteiger partial charge in [0.25, 0.3) is 0 Å². The van der Waals surface area contributed by atoms with Gasteiger partial charge in [0.05, 0.1) is 6.61 Å². The third-order valence-electron chi connectivity index (χ3n) is 4.15. The van der Waals surface area contributed by atoms with E-state index < -0.39 is 0 Å². The van der Waals surface area contributed by atoms with E-state index in [9.17, 15) is 0 Å². The van der Waals surface area contributed by atoms with Gasteiger partial charge in [0.2, 0.25) is 0 Å². The summed E-state index contributed by atoms with van der Waals surface area (Å²) in [6, 6.07) is 0.823. The van der Waals surface area contributed by atoms with Crippen molar-refractivity contribution in [2.45, 2.75) is 65.3 Å². The van der Waals surface area contributed by atoms with Gasteiger partial charge >= 0.3 is 0 Å². The highest BCUT2D eigenvalue weighted by molar-refractivity contribution is 4.89. The topological polar surface area (TPSA) is 21.3 Å². The zero-order valence-electron chi connectivity index (χ0n) is 11.8. The average Bonchev–Trinajstić information content (AvgIpc) is 3.08. The second-order valence-corrected chi connectivity index (χ2v) is 7.37. The van der Waals surface area contributed by atoms with E-state index in [0.29, 0.717) is 10.8 Å². The molecule has 1 saturated heterocycles. The molecule has 17 heavy (non-hydrogen) atoms. The van der Waals surface area contributed by atoms with Crippen LogP contribution in [-0.2, 0) is 4.74 Å². The lowest BCUT2D eigenvalue weighted by Gasteiger charge is -2.39. The maximum Gasteiger partial charge on any atom is 0.0534 e. The van der Waals surface area contributed by atoms with Gasteiger partial charge < -0.3 is 10.1 Å². The first-order valence-electron chi connectivity index (χ1n) is 7.30. The molecule has 0 bridgehead atoms. The number of rotatable bonds is 5. The van der Waals surface area contributed by atoms with Gasteiger partial charge in [0.15, 0.2) is 0 Å². The summed E-state index contributed by atoms with van der Waals surface area (Å²) in [7, 11) is 0. The molecule has 0 aromatic carbocycles. The summed E-state index contributed by atoms with van der Waals surface area (Å²) >= 11 is 0. The number of ether oxygens (including phenoxy) is 1. The highest BCUT2D eigenvalue weighted by Crippen LogP contribution is 2.37. The molecule has 2 rings (SSSR count). The van der Waals surface area contributed by atoms with Crippen molar-refractivity contribution in [1.29, 1.82) is 0 Å². The van der Waals surface area contributed by atoms with E-state index >= 15 is 0 Å². The molecule has 2 heteroatoms. The van der Waals surface area contributed by atoms with Crippen molar-refractivity contribution < 1.29 is 4.74 Å². The molecule has 0 spiro atoms. The van der Waals surface area contributed by atoms with Crippen LogP contribution in [0.5, 0.6) is 0 Å². The standard InChI is InChI=1S/C15H29NO/c1-14(2,3)8-9-15(7-4-10-17-12-15)11-16-13-5-6-13/h13,16H,4-12H2,1-3H3. The van der Waals surface area contributed by atoms with E-state index in [2.05, 4.69) is 26.1 Å². The van der Waals surface area contributed by atoms with E-state index in [-0.39, 0.29) is 0 Å². The monoisotopic (exact) mass is 239 g/mol. The largest absolute Gasteiger partial charge is 0.381 e. The Kier molecular flexibility index (Phi) is 4.14. The van der Waals surface area contributed by atoms with Crippen LogP contribution in [0.4, 0.5) is 0 Å². The van der Waals surface area contributed by atoms with Crippen LogP contribution in [0.15, 0.2) is 0 Å². The fraction of sp³-hybridized carbons (Fsp3) is 1.00. The van der Waals surface area contributed by atoms with Crippen LogP contribution in [0, 0.1) is 10.8 Å². The second kappa shape index (κ2) is 5.27. The molecule has 100 valence electrons. The van der Waals surface area contributed by atoms with Gasteiger partial charge in [-0.15, -0.1) is 0 Å². The molecular formula is C15H29NO. The molecule has 1 N–H and O–H groups in total. The Morgan fingerprint density at radius 3 is 2.59 bits per heavy atom. The van der Waals surface area contributed by atoms with E-state index in [0.717, 1.165) is 19.3 Å². The fourth-order valence-corrected chi connectivity index (χ4v) is 2.62. The highest BCUT2D eigenvalue weighted by atomic mass is 16.5. The molecule has 1 unspecified atom stereocenters. The molecule has 0 amide bonds. The van der Waals surface area contributed by atoms with Gasteiger partial charge in [-0.2, -0.15) is 0 Å². The quantitative estimate of drug-likeness (QED) is 0.794. The van der Waals surface area contributed by atoms with Gasteiger partial charge in [0.1, 0.15) is 0 Å². The van der Waals surface area contributed by atoms with Gasteiger partial charge in [0, 0.05) is 24.6 Å². The third-order valence-corrected chi connectivity index (χ3v) is 4.15. The van der Waals surface area contributed by atoms with Crippen LogP contribution in [0.3, 0.4) is 0 Å². The summed E-state index contributed by atoms with van der Waals surface area (Å²) < 4.78 is 5.76. The first-order valence-corrected chi connectivity index (χ1v) is 7.30. The summed E-state index contributed by atoms with van der Waals surface area (Å²) in [5.41, 5.74) is 0.873. The van der Waals surface area contributed by atoms with E-state index in [1.165, 1.54) is 45.1 Å². The number of nitrogens with one attached hydrogen (secondary N) is 1. The minimum atomic E-state index is 0.425. The van der Waals surface area contributed by atoms with E-state index in [1.54, 1.807) is 0 Å². The smallest absolute Gasteiger partial charge is 0.0534 e. The van der Waals surface area contributed by atoms with Crippen LogP contribution in [0.25, 0.3) is 0 Å². The molecule has 2 aliphatic rings. The van der Waals surface area contributed by atoms with Crippen LogP contribution in [-0.4, -0.2) is 25.8 Å². The summed E-state index contributed by atoms with van der Waals surface area (Å²) in [5.74, 6) is 0. The van der Waals surface area contributed by atoms with Crippen molar-refractivity contribution in [1.82, 2.24) is 5.32 Å². The molecule has 2 nitrogen and oxygen atoms in total. The van der Waals surface area contributed by atoms with Crippen LogP contribution in [0.2, 0.25) is 0 Å². The predicted molar refractivity (Wildman–Crippen MR) is 72.2 cm³/mol. The van der Waals surface area contributed by atoms with Gasteiger partial charge in [-0.1, -0.05) is 20.8 Å². The van der Waals surface area contributed by atoms with Crippen molar-refractivity contribution in [2.24, 2.45) is 10.8 Å². The lowest BCUT2D eigenvalue weighted by Crippen LogP contribution is -2.42. The van der Waals surface area contributed by atoms with Gasteiger partial charge in [-0.05, 0) is 43.9 Å². The molecule has 0 radical (unpaired) electrons. The number of hydrogen-bond acceptors (Lipinski definition) is 2. The SMILES string of the molecule is CC(C)(C)CCC1(CNC2CC2)CCCOC1. The maximum absolute atomic E-state index is 5.76. The van der Waals surface area contributed by atoms with Crippen molar-refractivity contribution >= 4 is 0 Å². The van der Waals surface area contributed by atoms with E-state index in [1.807, 2.05) is 0 Å². The normalized spacial score (nSPS) is 30.5.